The average molecular weight is 438 g/mol. The molecule has 0 saturated carbocycles. The van der Waals surface area contributed by atoms with Crippen LogP contribution in [0.25, 0.3) is 6.08 Å². The summed E-state index contributed by atoms with van der Waals surface area (Å²) in [6, 6.07) is 10.4. The van der Waals surface area contributed by atoms with Gasteiger partial charge >= 0.3 is 0 Å². The number of hydrogen-bond donors (Lipinski definition) is 1. The Morgan fingerprint density at radius 1 is 1.29 bits per heavy atom. The van der Waals surface area contributed by atoms with Crippen LogP contribution < -0.4 is 10.2 Å². The van der Waals surface area contributed by atoms with Gasteiger partial charge in [0.15, 0.2) is 5.17 Å². The maximum atomic E-state index is 13.1. The predicted octanol–water partition coefficient (Wildman–Crippen LogP) is 6.14. The molecule has 31 heavy (non-hydrogen) atoms. The number of carbonyl (C=O) groups excluding carboxylic acids is 1. The largest absolute Gasteiger partial charge is 0.366 e. The van der Waals surface area contributed by atoms with Crippen molar-refractivity contribution in [3.63, 3.8) is 0 Å². The highest BCUT2D eigenvalue weighted by molar-refractivity contribution is 8.18. The van der Waals surface area contributed by atoms with Crippen molar-refractivity contribution in [2.45, 2.75) is 52.5 Å². The van der Waals surface area contributed by atoms with E-state index in [1.807, 2.05) is 6.08 Å². The molecular weight excluding hydrogens is 409 g/mol. The van der Waals surface area contributed by atoms with Crippen molar-refractivity contribution in [3.8, 4) is 0 Å². The number of carbonyl (C=O) groups is 1. The van der Waals surface area contributed by atoms with Gasteiger partial charge in [0.1, 0.15) is 5.82 Å². The summed E-state index contributed by atoms with van der Waals surface area (Å²) in [5.74, 6) is -0.0201. The molecule has 162 valence electrons. The number of anilines is 1. The number of amidine groups is 1. The molecule has 1 amide bonds. The van der Waals surface area contributed by atoms with Gasteiger partial charge in [-0.25, -0.2) is 9.38 Å². The minimum Gasteiger partial charge on any atom is -0.366 e. The number of halogens is 1. The van der Waals surface area contributed by atoms with Gasteiger partial charge < -0.3 is 10.2 Å². The number of amides is 1. The fraction of sp³-hybridized carbons (Fsp3) is 0.360. The molecule has 2 aliphatic heterocycles. The number of rotatable bonds is 3. The molecule has 1 saturated heterocycles. The third kappa shape index (κ3) is 4.26. The lowest BCUT2D eigenvalue weighted by atomic mass is 9.79. The Kier molecular flexibility index (Phi) is 5.69. The second-order valence-electron chi connectivity index (χ2n) is 8.89. The maximum Gasteiger partial charge on any atom is 0.264 e. The molecule has 2 aliphatic rings. The summed E-state index contributed by atoms with van der Waals surface area (Å²) in [6.45, 7) is 12.2. The number of thioether (sulfide) groups is 1. The summed E-state index contributed by atoms with van der Waals surface area (Å²) in [6.07, 6.45) is 3.04. The van der Waals surface area contributed by atoms with E-state index < -0.39 is 0 Å². The normalized spacial score (nSPS) is 22.7. The van der Waals surface area contributed by atoms with E-state index in [1.54, 1.807) is 12.1 Å². The number of aryl methyl sites for hydroxylation is 1. The first-order valence-corrected chi connectivity index (χ1v) is 11.5. The van der Waals surface area contributed by atoms with Gasteiger partial charge in [-0.15, -0.1) is 0 Å². The molecule has 0 aliphatic carbocycles. The Morgan fingerprint density at radius 2 is 2.00 bits per heavy atom. The van der Waals surface area contributed by atoms with Crippen molar-refractivity contribution in [2.75, 3.05) is 11.4 Å². The van der Waals surface area contributed by atoms with Crippen molar-refractivity contribution in [1.29, 1.82) is 0 Å². The molecule has 2 aromatic carbocycles. The Labute approximate surface area is 187 Å². The lowest BCUT2D eigenvalue weighted by Crippen LogP contribution is -2.48. The number of nitrogens with zero attached hydrogens (tertiary/aromatic N) is 2. The van der Waals surface area contributed by atoms with E-state index in [0.29, 0.717) is 21.7 Å². The quantitative estimate of drug-likeness (QED) is 0.587. The molecule has 4 rings (SSSR count). The molecular formula is C25H28FN3OS. The van der Waals surface area contributed by atoms with Crippen LogP contribution in [0.2, 0.25) is 0 Å². The van der Waals surface area contributed by atoms with E-state index in [4.69, 9.17) is 0 Å². The van der Waals surface area contributed by atoms with Gasteiger partial charge in [0.05, 0.1) is 10.6 Å². The Hall–Kier alpha value is -2.60. The average Bonchev–Trinajstić information content (AvgIpc) is 3.03. The third-order valence-corrected chi connectivity index (χ3v) is 6.99. The van der Waals surface area contributed by atoms with E-state index in [2.05, 4.69) is 62.0 Å². The van der Waals surface area contributed by atoms with Crippen LogP contribution in [0.1, 0.15) is 56.7 Å². The lowest BCUT2D eigenvalue weighted by Gasteiger charge is -2.47. The summed E-state index contributed by atoms with van der Waals surface area (Å²) in [7, 11) is 0. The van der Waals surface area contributed by atoms with Gasteiger partial charge in [-0.1, -0.05) is 6.92 Å². The Bertz CT molecular complexity index is 1090. The maximum absolute atomic E-state index is 13.1. The first-order valence-electron chi connectivity index (χ1n) is 10.7. The zero-order chi connectivity index (χ0) is 22.3. The molecule has 0 aromatic heterocycles. The molecule has 1 unspecified atom stereocenters. The molecule has 1 N–H and O–H groups in total. The van der Waals surface area contributed by atoms with Gasteiger partial charge in [-0.3, -0.25) is 4.79 Å². The van der Waals surface area contributed by atoms with Crippen molar-refractivity contribution in [1.82, 2.24) is 5.32 Å². The van der Waals surface area contributed by atoms with Gasteiger partial charge in [-0.05, 0) is 111 Å². The van der Waals surface area contributed by atoms with Gasteiger partial charge in [-0.2, -0.15) is 0 Å². The molecule has 1 atom stereocenters. The fourth-order valence-corrected chi connectivity index (χ4v) is 5.49. The van der Waals surface area contributed by atoms with E-state index in [-0.39, 0.29) is 17.3 Å². The van der Waals surface area contributed by atoms with Crippen LogP contribution in [0.5, 0.6) is 0 Å². The summed E-state index contributed by atoms with van der Waals surface area (Å²) in [4.78, 5) is 20.0. The molecule has 0 radical (unpaired) electrons. The molecule has 6 heteroatoms. The molecule has 0 bridgehead atoms. The van der Waals surface area contributed by atoms with Crippen molar-refractivity contribution in [2.24, 2.45) is 4.99 Å². The topological polar surface area (TPSA) is 44.7 Å². The van der Waals surface area contributed by atoms with Crippen LogP contribution in [0.15, 0.2) is 46.3 Å². The molecule has 1 fully saturated rings. The smallest absolute Gasteiger partial charge is 0.264 e. The Morgan fingerprint density at radius 3 is 2.68 bits per heavy atom. The summed E-state index contributed by atoms with van der Waals surface area (Å²) < 4.78 is 13.1. The highest BCUT2D eigenvalue weighted by atomic mass is 32.2. The highest BCUT2D eigenvalue weighted by Gasteiger charge is 2.35. The first-order chi connectivity index (χ1) is 14.7. The first kappa shape index (κ1) is 21.6. The standard InChI is InChI=1S/C25H28FN3OS/c1-6-29-21-11-15(2)17(12-20(21)16(3)14-25(29,4)5)13-22-23(30)28-24(31-22)27-19-9-7-18(26)8-10-19/h7-13,16H,6,14H2,1-5H3,(H,27,28,30)/b22-13+. The van der Waals surface area contributed by atoms with E-state index in [0.717, 1.165) is 24.1 Å². The number of aliphatic imine (C=N–C) groups is 1. The van der Waals surface area contributed by atoms with E-state index >= 15 is 0 Å². The van der Waals surface area contributed by atoms with Gasteiger partial charge in [0.25, 0.3) is 5.91 Å². The lowest BCUT2D eigenvalue weighted by molar-refractivity contribution is -0.115. The van der Waals surface area contributed by atoms with Crippen LogP contribution in [-0.2, 0) is 4.79 Å². The minimum absolute atomic E-state index is 0.125. The molecule has 2 aromatic rings. The molecule has 4 nitrogen and oxygen atoms in total. The molecule has 2 heterocycles. The van der Waals surface area contributed by atoms with Gasteiger partial charge in [0, 0.05) is 17.8 Å². The third-order valence-electron chi connectivity index (χ3n) is 6.08. The monoisotopic (exact) mass is 437 g/mol. The zero-order valence-electron chi connectivity index (χ0n) is 18.6. The van der Waals surface area contributed by atoms with E-state index in [9.17, 15) is 9.18 Å². The zero-order valence-corrected chi connectivity index (χ0v) is 19.4. The van der Waals surface area contributed by atoms with Gasteiger partial charge in [0.2, 0.25) is 0 Å². The molecule has 0 spiro atoms. The SMILES string of the molecule is CCN1c2cc(C)c(/C=C3/SC(=Nc4ccc(F)cc4)NC3=O)cc2C(C)CC1(C)C. The number of fused-ring (bicyclic) bond motifs is 1. The summed E-state index contributed by atoms with van der Waals surface area (Å²) in [5.41, 5.74) is 5.57. The van der Waals surface area contributed by atoms with Crippen LogP contribution >= 0.6 is 11.8 Å². The summed E-state index contributed by atoms with van der Waals surface area (Å²) >= 11 is 1.31. The summed E-state index contributed by atoms with van der Waals surface area (Å²) in [5, 5.41) is 3.31. The second-order valence-corrected chi connectivity index (χ2v) is 9.92. The van der Waals surface area contributed by atoms with Crippen LogP contribution in [0, 0.1) is 12.7 Å². The van der Waals surface area contributed by atoms with Crippen molar-refractivity contribution < 1.29 is 9.18 Å². The second kappa shape index (κ2) is 8.15. The van der Waals surface area contributed by atoms with Crippen LogP contribution in [-0.4, -0.2) is 23.2 Å². The highest BCUT2D eigenvalue weighted by Crippen LogP contribution is 2.44. The van der Waals surface area contributed by atoms with Crippen LogP contribution in [0.3, 0.4) is 0 Å². The van der Waals surface area contributed by atoms with Crippen molar-refractivity contribution >= 4 is 40.3 Å². The number of hydrogen-bond acceptors (Lipinski definition) is 4. The fourth-order valence-electron chi connectivity index (χ4n) is 4.66. The Balaban J connectivity index is 1.66. The predicted molar refractivity (Wildman–Crippen MR) is 129 cm³/mol. The van der Waals surface area contributed by atoms with Crippen molar-refractivity contribution in [3.05, 3.63) is 63.8 Å². The van der Waals surface area contributed by atoms with Crippen LogP contribution in [0.4, 0.5) is 15.8 Å². The van der Waals surface area contributed by atoms with E-state index in [1.165, 1.54) is 35.1 Å². The number of nitrogens with one attached hydrogen (secondary N) is 1. The number of benzene rings is 2. The minimum atomic E-state index is -0.310.